The van der Waals surface area contributed by atoms with Crippen molar-refractivity contribution < 1.29 is 14.2 Å². The molecule has 5 nitrogen and oxygen atoms in total. The predicted molar refractivity (Wildman–Crippen MR) is 115 cm³/mol. The number of ether oxygens (including phenoxy) is 3. The van der Waals surface area contributed by atoms with Crippen LogP contribution in [0.1, 0.15) is 11.1 Å². The molecular weight excluding hydrogens is 364 g/mol. The SMILES string of the molecule is COc1ccc2c(c1)CCc1c-2n(CCN2CCOCC2)c2ccc(OC)cc12. The molecule has 29 heavy (non-hydrogen) atoms. The highest BCUT2D eigenvalue weighted by atomic mass is 16.5. The lowest BCUT2D eigenvalue weighted by Gasteiger charge is -2.27. The fourth-order valence-electron chi connectivity index (χ4n) is 4.78. The minimum absolute atomic E-state index is 0.838. The van der Waals surface area contributed by atoms with Crippen LogP contribution >= 0.6 is 0 Å². The van der Waals surface area contributed by atoms with Crippen LogP contribution in [0.3, 0.4) is 0 Å². The molecule has 0 amide bonds. The van der Waals surface area contributed by atoms with E-state index in [4.69, 9.17) is 14.2 Å². The van der Waals surface area contributed by atoms with Crippen molar-refractivity contribution in [3.8, 4) is 22.8 Å². The Morgan fingerprint density at radius 3 is 2.45 bits per heavy atom. The van der Waals surface area contributed by atoms with Gasteiger partial charge in [0.25, 0.3) is 0 Å². The second-order valence-electron chi connectivity index (χ2n) is 7.84. The summed E-state index contributed by atoms with van der Waals surface area (Å²) in [6.07, 6.45) is 2.09. The van der Waals surface area contributed by atoms with E-state index in [0.717, 1.165) is 63.7 Å². The van der Waals surface area contributed by atoms with E-state index in [9.17, 15) is 0 Å². The lowest BCUT2D eigenvalue weighted by atomic mass is 9.88. The Bertz CT molecular complexity index is 1030. The molecule has 0 atom stereocenters. The van der Waals surface area contributed by atoms with Crippen molar-refractivity contribution in [1.82, 2.24) is 9.47 Å². The van der Waals surface area contributed by atoms with E-state index in [1.54, 1.807) is 14.2 Å². The summed E-state index contributed by atoms with van der Waals surface area (Å²) in [7, 11) is 3.48. The van der Waals surface area contributed by atoms with Gasteiger partial charge < -0.3 is 18.8 Å². The molecule has 0 N–H and O–H groups in total. The predicted octanol–water partition coefficient (Wildman–Crippen LogP) is 3.76. The van der Waals surface area contributed by atoms with Crippen molar-refractivity contribution in [3.63, 3.8) is 0 Å². The third kappa shape index (κ3) is 3.28. The molecule has 1 aromatic heterocycles. The normalized spacial score (nSPS) is 16.5. The van der Waals surface area contributed by atoms with Crippen molar-refractivity contribution in [2.45, 2.75) is 19.4 Å². The van der Waals surface area contributed by atoms with Gasteiger partial charge in [0.2, 0.25) is 0 Å². The second kappa shape index (κ2) is 7.73. The van der Waals surface area contributed by atoms with Crippen LogP contribution in [-0.4, -0.2) is 56.5 Å². The summed E-state index contributed by atoms with van der Waals surface area (Å²) < 4.78 is 19.0. The van der Waals surface area contributed by atoms with Crippen LogP contribution in [0, 0.1) is 0 Å². The smallest absolute Gasteiger partial charge is 0.119 e. The number of aromatic nitrogens is 1. The maximum Gasteiger partial charge on any atom is 0.119 e. The zero-order valence-electron chi connectivity index (χ0n) is 17.2. The van der Waals surface area contributed by atoms with Gasteiger partial charge in [-0.3, -0.25) is 4.90 Å². The number of morpholine rings is 1. The van der Waals surface area contributed by atoms with Crippen LogP contribution in [0.5, 0.6) is 11.5 Å². The van der Waals surface area contributed by atoms with E-state index in [-0.39, 0.29) is 0 Å². The van der Waals surface area contributed by atoms with E-state index in [0.29, 0.717) is 0 Å². The quantitative estimate of drug-likeness (QED) is 0.662. The van der Waals surface area contributed by atoms with Gasteiger partial charge in [0, 0.05) is 42.6 Å². The van der Waals surface area contributed by atoms with E-state index >= 15 is 0 Å². The van der Waals surface area contributed by atoms with Crippen molar-refractivity contribution in [2.75, 3.05) is 47.1 Å². The number of benzene rings is 2. The Hall–Kier alpha value is -2.50. The molecule has 1 saturated heterocycles. The summed E-state index contributed by atoms with van der Waals surface area (Å²) in [5.41, 5.74) is 6.82. The average molecular weight is 392 g/mol. The number of fused-ring (bicyclic) bond motifs is 5. The highest BCUT2D eigenvalue weighted by Crippen LogP contribution is 2.42. The third-order valence-electron chi connectivity index (χ3n) is 6.33. The van der Waals surface area contributed by atoms with Crippen LogP contribution in [0.25, 0.3) is 22.2 Å². The van der Waals surface area contributed by atoms with E-state index in [2.05, 4.69) is 45.9 Å². The lowest BCUT2D eigenvalue weighted by molar-refractivity contribution is 0.0366. The molecule has 3 aromatic rings. The van der Waals surface area contributed by atoms with E-state index in [1.165, 1.54) is 33.3 Å². The Morgan fingerprint density at radius 1 is 0.897 bits per heavy atom. The molecule has 1 aliphatic heterocycles. The molecule has 1 fully saturated rings. The standard InChI is InChI=1S/C24H28N2O3/c1-27-18-4-7-20-17(15-18)3-6-21-22-16-19(28-2)5-8-23(22)26(24(20)21)10-9-25-11-13-29-14-12-25/h4-5,7-8,15-16H,3,6,9-14H2,1-2H3. The summed E-state index contributed by atoms with van der Waals surface area (Å²) in [6, 6.07) is 13.0. The van der Waals surface area contributed by atoms with Crippen molar-refractivity contribution in [2.24, 2.45) is 0 Å². The molecule has 0 saturated carbocycles. The van der Waals surface area contributed by atoms with Crippen molar-refractivity contribution >= 4 is 10.9 Å². The van der Waals surface area contributed by atoms with Gasteiger partial charge in [-0.05, 0) is 60.4 Å². The maximum atomic E-state index is 5.53. The van der Waals surface area contributed by atoms with Crippen LogP contribution in [-0.2, 0) is 24.1 Å². The maximum absolute atomic E-state index is 5.53. The van der Waals surface area contributed by atoms with Gasteiger partial charge in [-0.15, -0.1) is 0 Å². The molecule has 0 spiro atoms. The van der Waals surface area contributed by atoms with Gasteiger partial charge in [0.1, 0.15) is 11.5 Å². The molecule has 0 radical (unpaired) electrons. The first-order valence-corrected chi connectivity index (χ1v) is 10.4. The molecule has 1 aliphatic carbocycles. The summed E-state index contributed by atoms with van der Waals surface area (Å²) in [5, 5.41) is 1.32. The number of methoxy groups -OCH3 is 2. The molecule has 5 rings (SSSR count). The van der Waals surface area contributed by atoms with Crippen LogP contribution < -0.4 is 9.47 Å². The summed E-state index contributed by atoms with van der Waals surface area (Å²) >= 11 is 0. The number of hydrogen-bond donors (Lipinski definition) is 0. The topological polar surface area (TPSA) is 35.9 Å². The van der Waals surface area contributed by atoms with Crippen molar-refractivity contribution in [3.05, 3.63) is 47.5 Å². The van der Waals surface area contributed by atoms with Gasteiger partial charge in [0.05, 0.1) is 33.1 Å². The number of hydrogen-bond acceptors (Lipinski definition) is 4. The molecule has 2 heterocycles. The van der Waals surface area contributed by atoms with E-state index in [1.807, 2.05) is 0 Å². The first kappa shape index (κ1) is 18.5. The van der Waals surface area contributed by atoms with Gasteiger partial charge in [0.15, 0.2) is 0 Å². The zero-order valence-corrected chi connectivity index (χ0v) is 17.2. The number of aryl methyl sites for hydroxylation is 2. The molecule has 2 aliphatic rings. The minimum Gasteiger partial charge on any atom is -0.497 e. The van der Waals surface area contributed by atoms with Crippen molar-refractivity contribution in [1.29, 1.82) is 0 Å². The highest BCUT2D eigenvalue weighted by molar-refractivity contribution is 5.94. The highest BCUT2D eigenvalue weighted by Gasteiger charge is 2.25. The van der Waals surface area contributed by atoms with Gasteiger partial charge >= 0.3 is 0 Å². The van der Waals surface area contributed by atoms with Gasteiger partial charge in [-0.1, -0.05) is 0 Å². The Kier molecular flexibility index (Phi) is 4.94. The third-order valence-corrected chi connectivity index (χ3v) is 6.33. The number of rotatable bonds is 5. The Balaban J connectivity index is 1.62. The molecule has 5 heteroatoms. The molecule has 2 aromatic carbocycles. The van der Waals surface area contributed by atoms with Crippen LogP contribution in [0.2, 0.25) is 0 Å². The first-order valence-electron chi connectivity index (χ1n) is 10.4. The molecule has 152 valence electrons. The van der Waals surface area contributed by atoms with E-state index < -0.39 is 0 Å². The molecule has 0 unspecified atom stereocenters. The zero-order chi connectivity index (χ0) is 19.8. The fraction of sp³-hybridized carbons (Fsp3) is 0.417. The first-order chi connectivity index (χ1) is 14.3. The summed E-state index contributed by atoms with van der Waals surface area (Å²) in [6.45, 7) is 5.72. The molecule has 0 bridgehead atoms. The van der Waals surface area contributed by atoms with Crippen LogP contribution in [0.15, 0.2) is 36.4 Å². The summed E-state index contributed by atoms with van der Waals surface area (Å²) in [4.78, 5) is 2.50. The fourth-order valence-corrected chi connectivity index (χ4v) is 4.78. The van der Waals surface area contributed by atoms with Gasteiger partial charge in [-0.2, -0.15) is 0 Å². The second-order valence-corrected chi connectivity index (χ2v) is 7.84. The Morgan fingerprint density at radius 2 is 1.66 bits per heavy atom. The monoisotopic (exact) mass is 392 g/mol. The summed E-state index contributed by atoms with van der Waals surface area (Å²) in [5.74, 6) is 1.86. The number of nitrogens with zero attached hydrogens (tertiary/aromatic N) is 2. The van der Waals surface area contributed by atoms with Gasteiger partial charge in [-0.25, -0.2) is 0 Å². The molecular formula is C24H28N2O3. The largest absolute Gasteiger partial charge is 0.497 e. The lowest BCUT2D eigenvalue weighted by Crippen LogP contribution is -2.38. The minimum atomic E-state index is 0.838. The van der Waals surface area contributed by atoms with Crippen LogP contribution in [0.4, 0.5) is 0 Å². The Labute approximate surface area is 171 Å². The average Bonchev–Trinajstić information content (AvgIpc) is 3.11.